The van der Waals surface area contributed by atoms with Crippen LogP contribution in [0, 0.1) is 10.1 Å². The zero-order valence-electron chi connectivity index (χ0n) is 16.9. The second kappa shape index (κ2) is 8.83. The van der Waals surface area contributed by atoms with Crippen molar-refractivity contribution in [2.75, 3.05) is 4.90 Å². The van der Waals surface area contributed by atoms with E-state index in [1.54, 1.807) is 24.3 Å². The Kier molecular flexibility index (Phi) is 5.78. The molecule has 1 unspecified atom stereocenters. The molecule has 1 aliphatic carbocycles. The maximum Gasteiger partial charge on any atom is 0.269 e. The molecule has 0 spiro atoms. The van der Waals surface area contributed by atoms with E-state index in [1.807, 2.05) is 53.4 Å². The molecule has 2 N–H and O–H groups in total. The Bertz CT molecular complexity index is 1190. The summed E-state index contributed by atoms with van der Waals surface area (Å²) in [6, 6.07) is 22.2. The number of rotatable bonds is 6. The van der Waals surface area contributed by atoms with Gasteiger partial charge in [0, 0.05) is 35.6 Å². The minimum Gasteiger partial charge on any atom is -0.508 e. The first kappa shape index (κ1) is 21.0. The lowest BCUT2D eigenvalue weighted by Crippen LogP contribution is -2.26. The first-order valence-electron chi connectivity index (χ1n) is 9.87. The van der Waals surface area contributed by atoms with E-state index in [0.29, 0.717) is 5.69 Å². The van der Waals surface area contributed by atoms with E-state index in [9.17, 15) is 20.3 Å². The number of hydrogen-bond acceptors (Lipinski definition) is 7. The van der Waals surface area contributed by atoms with Crippen LogP contribution in [0.4, 0.5) is 22.7 Å². The van der Waals surface area contributed by atoms with Gasteiger partial charge in [-0.05, 0) is 60.7 Å². The largest absolute Gasteiger partial charge is 0.508 e. The molecule has 0 fully saturated rings. The zero-order valence-corrected chi connectivity index (χ0v) is 16.9. The Balaban J connectivity index is 1.56. The van der Waals surface area contributed by atoms with Crippen LogP contribution in [0.3, 0.4) is 0 Å². The van der Waals surface area contributed by atoms with Gasteiger partial charge in [-0.3, -0.25) is 10.1 Å². The lowest BCUT2D eigenvalue weighted by Gasteiger charge is -2.30. The molecule has 3 aromatic rings. The summed E-state index contributed by atoms with van der Waals surface area (Å²) in [4.78, 5) is 12.3. The van der Waals surface area contributed by atoms with Crippen molar-refractivity contribution in [1.29, 1.82) is 0 Å². The van der Waals surface area contributed by atoms with Crippen LogP contribution in [-0.2, 0) is 0 Å². The summed E-state index contributed by atoms with van der Waals surface area (Å²) in [5.41, 5.74) is 1.44. The molecular weight excluding hydrogens is 408 g/mol. The molecular formula is C24H20N4O4. The van der Waals surface area contributed by atoms with Crippen LogP contribution in [0.5, 0.6) is 5.75 Å². The fraction of sp³-hybridized carbons (Fsp3) is 0.0833. The third-order valence-electron chi connectivity index (χ3n) is 4.91. The zero-order chi connectivity index (χ0) is 22.6. The Morgan fingerprint density at radius 3 is 2.19 bits per heavy atom. The van der Waals surface area contributed by atoms with Crippen molar-refractivity contribution in [3.05, 3.63) is 113 Å². The molecule has 0 saturated heterocycles. The quantitative estimate of drug-likeness (QED) is 0.295. The Morgan fingerprint density at radius 2 is 1.59 bits per heavy atom. The average Bonchev–Trinajstić information content (AvgIpc) is 2.82. The normalized spacial score (nSPS) is 17.8. The van der Waals surface area contributed by atoms with Gasteiger partial charge in [0.1, 0.15) is 5.75 Å². The van der Waals surface area contributed by atoms with Gasteiger partial charge in [0.2, 0.25) is 0 Å². The molecule has 4 rings (SSSR count). The van der Waals surface area contributed by atoms with Gasteiger partial charge in [-0.15, -0.1) is 5.11 Å². The molecule has 32 heavy (non-hydrogen) atoms. The highest BCUT2D eigenvalue weighted by Gasteiger charge is 2.27. The fourth-order valence-electron chi connectivity index (χ4n) is 3.26. The topological polar surface area (TPSA) is 112 Å². The third kappa shape index (κ3) is 4.71. The number of phenolic OH excluding ortho intramolecular Hbond substituents is 1. The molecule has 8 heteroatoms. The third-order valence-corrected chi connectivity index (χ3v) is 4.91. The Morgan fingerprint density at radius 1 is 0.938 bits per heavy atom. The van der Waals surface area contributed by atoms with E-state index >= 15 is 0 Å². The summed E-state index contributed by atoms with van der Waals surface area (Å²) in [6.07, 6.45) is 5.37. The number of hydrogen-bond donors (Lipinski definition) is 2. The van der Waals surface area contributed by atoms with E-state index in [2.05, 4.69) is 10.2 Å². The number of nitrogens with zero attached hydrogens (tertiary/aromatic N) is 4. The van der Waals surface area contributed by atoms with E-state index < -0.39 is 10.6 Å². The number of non-ortho nitro benzene ring substituents is 1. The molecule has 0 heterocycles. The molecule has 0 radical (unpaired) electrons. The molecule has 8 nitrogen and oxygen atoms in total. The van der Waals surface area contributed by atoms with Crippen LogP contribution in [0.25, 0.3) is 0 Å². The van der Waals surface area contributed by atoms with Crippen molar-refractivity contribution in [1.82, 2.24) is 0 Å². The van der Waals surface area contributed by atoms with Gasteiger partial charge in [-0.25, -0.2) is 0 Å². The number of nitro benzene ring substituents is 1. The van der Waals surface area contributed by atoms with Gasteiger partial charge in [0.15, 0.2) is 5.72 Å². The molecule has 3 aromatic carbocycles. The van der Waals surface area contributed by atoms with Gasteiger partial charge >= 0.3 is 0 Å². The number of anilines is 2. The monoisotopic (exact) mass is 428 g/mol. The van der Waals surface area contributed by atoms with Crippen molar-refractivity contribution >= 4 is 22.7 Å². The van der Waals surface area contributed by atoms with Crippen molar-refractivity contribution < 1.29 is 15.1 Å². The summed E-state index contributed by atoms with van der Waals surface area (Å²) < 4.78 is 0. The van der Waals surface area contributed by atoms with E-state index in [4.69, 9.17) is 0 Å². The van der Waals surface area contributed by atoms with Gasteiger partial charge in [-0.2, -0.15) is 5.11 Å². The summed E-state index contributed by atoms with van der Waals surface area (Å²) >= 11 is 0. The van der Waals surface area contributed by atoms with Crippen LogP contribution in [0.15, 0.2) is 113 Å². The first-order valence-corrected chi connectivity index (χ1v) is 9.87. The SMILES string of the molecule is O=[N+]([O-])c1ccc(N=NC2(O)C=CC(N(c3ccccc3)c3ccc(O)cc3)=CC2)cc1. The van der Waals surface area contributed by atoms with Crippen LogP contribution >= 0.6 is 0 Å². The first-order chi connectivity index (χ1) is 15.4. The van der Waals surface area contributed by atoms with E-state index in [0.717, 1.165) is 17.1 Å². The lowest BCUT2D eigenvalue weighted by atomic mass is 10.0. The number of para-hydroxylation sites is 1. The molecule has 0 aliphatic heterocycles. The predicted molar refractivity (Wildman–Crippen MR) is 121 cm³/mol. The van der Waals surface area contributed by atoms with Crippen molar-refractivity contribution in [3.63, 3.8) is 0 Å². The number of phenols is 1. The molecule has 160 valence electrons. The molecule has 0 aromatic heterocycles. The number of nitro groups is 1. The van der Waals surface area contributed by atoms with Crippen molar-refractivity contribution in [3.8, 4) is 5.75 Å². The average molecular weight is 428 g/mol. The predicted octanol–water partition coefficient (Wildman–Crippen LogP) is 5.75. The minimum absolute atomic E-state index is 0.0389. The smallest absolute Gasteiger partial charge is 0.269 e. The molecule has 0 bridgehead atoms. The molecule has 0 amide bonds. The molecule has 1 aliphatic rings. The summed E-state index contributed by atoms with van der Waals surface area (Å²) in [7, 11) is 0. The van der Waals surface area contributed by atoms with Gasteiger partial charge < -0.3 is 15.1 Å². The second-order valence-electron chi connectivity index (χ2n) is 7.21. The number of aromatic hydroxyl groups is 1. The minimum atomic E-state index is -1.53. The summed E-state index contributed by atoms with van der Waals surface area (Å²) in [5.74, 6) is 0.177. The number of benzene rings is 3. The highest BCUT2D eigenvalue weighted by Crippen LogP contribution is 2.35. The van der Waals surface area contributed by atoms with Crippen molar-refractivity contribution in [2.45, 2.75) is 12.1 Å². The molecule has 1 atom stereocenters. The van der Waals surface area contributed by atoms with Crippen LogP contribution < -0.4 is 4.90 Å². The second-order valence-corrected chi connectivity index (χ2v) is 7.21. The summed E-state index contributed by atoms with van der Waals surface area (Å²) in [6.45, 7) is 0. The van der Waals surface area contributed by atoms with Crippen LogP contribution in [-0.4, -0.2) is 20.9 Å². The summed E-state index contributed by atoms with van der Waals surface area (Å²) in [5, 5.41) is 39.3. The van der Waals surface area contributed by atoms with E-state index in [-0.39, 0.29) is 17.9 Å². The van der Waals surface area contributed by atoms with Crippen LogP contribution in [0.2, 0.25) is 0 Å². The highest BCUT2D eigenvalue weighted by molar-refractivity contribution is 5.70. The maximum atomic E-state index is 10.8. The van der Waals surface area contributed by atoms with Crippen LogP contribution in [0.1, 0.15) is 6.42 Å². The number of aliphatic hydroxyl groups is 1. The van der Waals surface area contributed by atoms with E-state index in [1.165, 1.54) is 24.3 Å². The van der Waals surface area contributed by atoms with Gasteiger partial charge in [-0.1, -0.05) is 24.3 Å². The number of azo groups is 1. The maximum absolute atomic E-state index is 10.8. The number of allylic oxidation sites excluding steroid dienone is 1. The standard InChI is InChI=1S/C24H20N4O4/c29-23-12-10-20(11-13-23)27(19-4-2-1-3-5-19)21-14-16-24(30,17-15-21)26-25-18-6-8-22(9-7-18)28(31)32/h1-16,29-30H,17H2. The lowest BCUT2D eigenvalue weighted by molar-refractivity contribution is -0.384. The highest BCUT2D eigenvalue weighted by atomic mass is 16.6. The fourth-order valence-corrected chi connectivity index (χ4v) is 3.26. The molecule has 0 saturated carbocycles. The van der Waals surface area contributed by atoms with Crippen molar-refractivity contribution in [2.24, 2.45) is 10.2 Å². The van der Waals surface area contributed by atoms with Gasteiger partial charge in [0.05, 0.1) is 10.6 Å². The Labute approximate surface area is 184 Å². The Hall–Kier alpha value is -4.30. The van der Waals surface area contributed by atoms with Gasteiger partial charge in [0.25, 0.3) is 5.69 Å².